The number of hydrogen-bond acceptors (Lipinski definition) is 2. The van der Waals surface area contributed by atoms with E-state index in [4.69, 9.17) is 4.74 Å². The Labute approximate surface area is 105 Å². The Kier molecular flexibility index (Phi) is 4.86. The van der Waals surface area contributed by atoms with Crippen LogP contribution < -0.4 is 4.74 Å². The molecule has 0 atom stereocenters. The number of phenolic OH excluding ortho intramolecular Hbond substituents is 1. The van der Waals surface area contributed by atoms with Gasteiger partial charge in [-0.15, -0.1) is 0 Å². The number of phenols is 1. The van der Waals surface area contributed by atoms with Crippen LogP contribution >= 0.6 is 0 Å². The Bertz CT molecular complexity index is 395. The molecule has 0 amide bonds. The van der Waals surface area contributed by atoms with Crippen LogP contribution in [0.1, 0.15) is 49.9 Å². The molecule has 0 radical (unpaired) electrons. The van der Waals surface area contributed by atoms with E-state index < -0.39 is 0 Å². The monoisotopic (exact) mass is 236 g/mol. The molecule has 96 valence electrons. The molecule has 0 spiro atoms. The van der Waals surface area contributed by atoms with Gasteiger partial charge in [0.15, 0.2) is 11.5 Å². The molecule has 0 saturated heterocycles. The zero-order valence-electron chi connectivity index (χ0n) is 11.7. The number of ether oxygens (including phenoxy) is 1. The predicted octanol–water partition coefficient (Wildman–Crippen LogP) is 3.79. The molecule has 0 aromatic heterocycles. The van der Waals surface area contributed by atoms with Crippen molar-refractivity contribution in [1.82, 2.24) is 0 Å². The van der Waals surface area contributed by atoms with Gasteiger partial charge >= 0.3 is 0 Å². The van der Waals surface area contributed by atoms with Crippen molar-refractivity contribution in [1.29, 1.82) is 0 Å². The van der Waals surface area contributed by atoms with E-state index in [0.717, 1.165) is 24.8 Å². The summed E-state index contributed by atoms with van der Waals surface area (Å²) in [6.07, 6.45) is 2.86. The number of benzene rings is 1. The fraction of sp³-hybridized carbons (Fsp3) is 0.600. The minimum atomic E-state index is 0.331. The second-order valence-electron chi connectivity index (χ2n) is 4.23. The predicted molar refractivity (Wildman–Crippen MR) is 72.1 cm³/mol. The smallest absolute Gasteiger partial charge is 0.164 e. The first kappa shape index (κ1) is 13.9. The summed E-state index contributed by atoms with van der Waals surface area (Å²) in [5.74, 6) is 1.03. The lowest BCUT2D eigenvalue weighted by Crippen LogP contribution is -2.06. The van der Waals surface area contributed by atoms with Crippen LogP contribution in [0.4, 0.5) is 0 Å². The highest BCUT2D eigenvalue weighted by Gasteiger charge is 2.19. The van der Waals surface area contributed by atoms with Crippen molar-refractivity contribution >= 4 is 0 Å². The van der Waals surface area contributed by atoms with E-state index in [1.807, 2.05) is 13.8 Å². The molecular formula is C15H24O2. The number of hydrogen-bond donors (Lipinski definition) is 1. The van der Waals surface area contributed by atoms with Crippen LogP contribution in [0.3, 0.4) is 0 Å². The molecule has 2 heteroatoms. The van der Waals surface area contributed by atoms with Crippen molar-refractivity contribution in [2.75, 3.05) is 6.61 Å². The topological polar surface area (TPSA) is 29.5 Å². The van der Waals surface area contributed by atoms with Gasteiger partial charge in [0.05, 0.1) is 6.61 Å². The number of rotatable bonds is 5. The molecule has 1 N–H and O–H groups in total. The van der Waals surface area contributed by atoms with Crippen molar-refractivity contribution in [3.05, 3.63) is 22.3 Å². The van der Waals surface area contributed by atoms with E-state index in [9.17, 15) is 5.11 Å². The van der Waals surface area contributed by atoms with Crippen LogP contribution in [0.25, 0.3) is 0 Å². The normalized spacial score (nSPS) is 10.6. The molecule has 0 fully saturated rings. The maximum Gasteiger partial charge on any atom is 0.164 e. The van der Waals surface area contributed by atoms with Gasteiger partial charge in [0, 0.05) is 5.56 Å². The van der Waals surface area contributed by atoms with E-state index >= 15 is 0 Å². The quantitative estimate of drug-likeness (QED) is 0.843. The lowest BCUT2D eigenvalue weighted by molar-refractivity contribution is 0.313. The van der Waals surface area contributed by atoms with Gasteiger partial charge in [-0.1, -0.05) is 20.8 Å². The molecule has 0 aliphatic carbocycles. The number of aromatic hydroxyl groups is 1. The fourth-order valence-corrected chi connectivity index (χ4v) is 2.58. The minimum Gasteiger partial charge on any atom is -0.504 e. The summed E-state index contributed by atoms with van der Waals surface area (Å²) >= 11 is 0. The van der Waals surface area contributed by atoms with E-state index in [2.05, 4.69) is 20.8 Å². The summed E-state index contributed by atoms with van der Waals surface area (Å²) < 4.78 is 5.63. The van der Waals surface area contributed by atoms with Crippen LogP contribution in [0.2, 0.25) is 0 Å². The third-order valence-electron chi connectivity index (χ3n) is 3.37. The molecule has 1 aromatic rings. The van der Waals surface area contributed by atoms with Crippen LogP contribution in [0.5, 0.6) is 11.5 Å². The third kappa shape index (κ3) is 2.41. The maximum absolute atomic E-state index is 10.2. The van der Waals surface area contributed by atoms with E-state index in [1.54, 1.807) is 0 Å². The first-order valence-corrected chi connectivity index (χ1v) is 6.61. The van der Waals surface area contributed by atoms with Gasteiger partial charge in [-0.2, -0.15) is 0 Å². The van der Waals surface area contributed by atoms with Gasteiger partial charge in [-0.05, 0) is 49.8 Å². The van der Waals surface area contributed by atoms with Gasteiger partial charge in [0.25, 0.3) is 0 Å². The fourth-order valence-electron chi connectivity index (χ4n) is 2.58. The van der Waals surface area contributed by atoms with Crippen molar-refractivity contribution < 1.29 is 9.84 Å². The van der Waals surface area contributed by atoms with E-state index in [1.165, 1.54) is 16.7 Å². The summed E-state index contributed by atoms with van der Waals surface area (Å²) in [4.78, 5) is 0. The summed E-state index contributed by atoms with van der Waals surface area (Å²) in [6, 6.07) is 0. The zero-order valence-corrected chi connectivity index (χ0v) is 11.7. The van der Waals surface area contributed by atoms with Crippen molar-refractivity contribution in [2.45, 2.75) is 53.9 Å². The first-order valence-electron chi connectivity index (χ1n) is 6.61. The lowest BCUT2D eigenvalue weighted by atomic mass is 9.90. The SMILES string of the molecule is CCOc1c(O)c(C)c(CC)c(CC)c1CC. The Morgan fingerprint density at radius 1 is 0.882 bits per heavy atom. The van der Waals surface area contributed by atoms with Gasteiger partial charge in [-0.3, -0.25) is 0 Å². The summed E-state index contributed by atoms with van der Waals surface area (Å²) in [5, 5.41) is 10.2. The Hall–Kier alpha value is -1.18. The third-order valence-corrected chi connectivity index (χ3v) is 3.37. The Morgan fingerprint density at radius 2 is 1.41 bits per heavy atom. The zero-order chi connectivity index (χ0) is 13.0. The van der Waals surface area contributed by atoms with Crippen LogP contribution in [0, 0.1) is 6.92 Å². The largest absolute Gasteiger partial charge is 0.504 e. The molecule has 17 heavy (non-hydrogen) atoms. The summed E-state index contributed by atoms with van der Waals surface area (Å²) in [6.45, 7) is 10.9. The molecular weight excluding hydrogens is 212 g/mol. The highest BCUT2D eigenvalue weighted by molar-refractivity contribution is 5.59. The van der Waals surface area contributed by atoms with Gasteiger partial charge in [-0.25, -0.2) is 0 Å². The summed E-state index contributed by atoms with van der Waals surface area (Å²) in [5.41, 5.74) is 4.79. The van der Waals surface area contributed by atoms with E-state index in [0.29, 0.717) is 18.1 Å². The van der Waals surface area contributed by atoms with Crippen molar-refractivity contribution in [3.63, 3.8) is 0 Å². The molecule has 1 aromatic carbocycles. The van der Waals surface area contributed by atoms with Crippen LogP contribution in [-0.4, -0.2) is 11.7 Å². The molecule has 0 aliphatic rings. The molecule has 2 nitrogen and oxygen atoms in total. The second-order valence-corrected chi connectivity index (χ2v) is 4.23. The molecule has 0 unspecified atom stereocenters. The van der Waals surface area contributed by atoms with Gasteiger partial charge < -0.3 is 9.84 Å². The molecule has 0 saturated carbocycles. The summed E-state index contributed by atoms with van der Waals surface area (Å²) in [7, 11) is 0. The van der Waals surface area contributed by atoms with E-state index in [-0.39, 0.29) is 0 Å². The van der Waals surface area contributed by atoms with Crippen molar-refractivity contribution in [3.8, 4) is 11.5 Å². The van der Waals surface area contributed by atoms with Gasteiger partial charge in [0.2, 0.25) is 0 Å². The average Bonchev–Trinajstić information content (AvgIpc) is 2.34. The van der Waals surface area contributed by atoms with Crippen LogP contribution in [-0.2, 0) is 19.3 Å². The minimum absolute atomic E-state index is 0.331. The van der Waals surface area contributed by atoms with Crippen molar-refractivity contribution in [2.24, 2.45) is 0 Å². The van der Waals surface area contributed by atoms with Crippen LogP contribution in [0.15, 0.2) is 0 Å². The molecule has 1 rings (SSSR count). The molecule has 0 bridgehead atoms. The standard InChI is InChI=1S/C15H24O2/c1-6-11-10(5)14(16)15(17-9-4)13(8-3)12(11)7-2/h16H,6-9H2,1-5H3. The van der Waals surface area contributed by atoms with Gasteiger partial charge in [0.1, 0.15) is 0 Å². The average molecular weight is 236 g/mol. The lowest BCUT2D eigenvalue weighted by Gasteiger charge is -2.21. The Balaban J connectivity index is 3.56. The highest BCUT2D eigenvalue weighted by atomic mass is 16.5. The Morgan fingerprint density at radius 3 is 1.82 bits per heavy atom. The molecule has 0 aliphatic heterocycles. The highest BCUT2D eigenvalue weighted by Crippen LogP contribution is 2.40. The maximum atomic E-state index is 10.2. The first-order chi connectivity index (χ1) is 8.12. The molecule has 0 heterocycles. The second kappa shape index (κ2) is 5.95.